The van der Waals surface area contributed by atoms with Crippen LogP contribution in [0.25, 0.3) is 81.0 Å². The highest BCUT2D eigenvalue weighted by molar-refractivity contribution is 7.25. The summed E-state index contributed by atoms with van der Waals surface area (Å²) in [5, 5.41) is 5.08. The Labute approximate surface area is 353 Å². The Balaban J connectivity index is 1.07. The molecular weight excluding hydrogens is 745 g/mol. The van der Waals surface area contributed by atoms with E-state index in [-0.39, 0.29) is 5.41 Å². The van der Waals surface area contributed by atoms with E-state index in [2.05, 4.69) is 230 Å². The van der Waals surface area contributed by atoms with Crippen LogP contribution in [0.3, 0.4) is 0 Å². The molecular formula is C57H40N2S. The minimum Gasteiger partial charge on any atom is -0.310 e. The maximum atomic E-state index is 2.44. The number of aromatic nitrogens is 1. The van der Waals surface area contributed by atoms with Crippen molar-refractivity contribution in [2.45, 2.75) is 19.3 Å². The van der Waals surface area contributed by atoms with Crippen LogP contribution >= 0.6 is 11.3 Å². The first-order valence-electron chi connectivity index (χ1n) is 20.7. The fourth-order valence-corrected chi connectivity index (χ4v) is 10.9. The molecule has 2 nitrogen and oxygen atoms in total. The molecule has 0 bridgehead atoms. The zero-order chi connectivity index (χ0) is 40.0. The monoisotopic (exact) mass is 784 g/mol. The van der Waals surface area contributed by atoms with Gasteiger partial charge in [0.1, 0.15) is 0 Å². The van der Waals surface area contributed by atoms with Crippen molar-refractivity contribution in [2.75, 3.05) is 4.90 Å². The third kappa shape index (κ3) is 5.40. The molecule has 0 N–H and O–H groups in total. The van der Waals surface area contributed by atoms with Crippen molar-refractivity contribution in [3.05, 3.63) is 217 Å². The normalized spacial score (nSPS) is 13.0. The van der Waals surface area contributed by atoms with Gasteiger partial charge in [-0.05, 0) is 129 Å². The molecule has 0 spiro atoms. The van der Waals surface area contributed by atoms with Gasteiger partial charge in [0, 0.05) is 59.1 Å². The number of para-hydroxylation sites is 1. The number of nitrogens with zero attached hydrogens (tertiary/aromatic N) is 2. The largest absolute Gasteiger partial charge is 0.310 e. The van der Waals surface area contributed by atoms with E-state index in [0.29, 0.717) is 0 Å². The second-order valence-corrected chi connectivity index (χ2v) is 17.6. The summed E-state index contributed by atoms with van der Waals surface area (Å²) in [6.07, 6.45) is 0. The predicted molar refractivity (Wildman–Crippen MR) is 257 cm³/mol. The second kappa shape index (κ2) is 13.4. The van der Waals surface area contributed by atoms with Crippen LogP contribution in [-0.4, -0.2) is 4.57 Å². The van der Waals surface area contributed by atoms with E-state index in [1.807, 2.05) is 11.3 Å². The third-order valence-electron chi connectivity index (χ3n) is 12.8. The van der Waals surface area contributed by atoms with Gasteiger partial charge in [-0.25, -0.2) is 0 Å². The number of benzene rings is 9. The van der Waals surface area contributed by atoms with Gasteiger partial charge in [-0.15, -0.1) is 11.3 Å². The summed E-state index contributed by atoms with van der Waals surface area (Å²) in [5.74, 6) is 0. The molecule has 0 aliphatic heterocycles. The number of anilines is 3. The first-order chi connectivity index (χ1) is 29.5. The number of hydrogen-bond acceptors (Lipinski definition) is 2. The van der Waals surface area contributed by atoms with Gasteiger partial charge in [-0.3, -0.25) is 0 Å². The average Bonchev–Trinajstić information content (AvgIpc) is 3.92. The van der Waals surface area contributed by atoms with E-state index < -0.39 is 0 Å². The molecule has 60 heavy (non-hydrogen) atoms. The summed E-state index contributed by atoms with van der Waals surface area (Å²) in [6, 6.07) is 76.2. The van der Waals surface area contributed by atoms with Gasteiger partial charge in [0.15, 0.2) is 0 Å². The molecule has 1 aliphatic rings. The van der Waals surface area contributed by atoms with Gasteiger partial charge in [-0.1, -0.05) is 135 Å². The fourth-order valence-electron chi connectivity index (χ4n) is 9.80. The highest BCUT2D eigenvalue weighted by atomic mass is 32.1. The lowest BCUT2D eigenvalue weighted by Gasteiger charge is -2.28. The van der Waals surface area contributed by atoms with Crippen molar-refractivity contribution < 1.29 is 0 Å². The minimum atomic E-state index is -0.118. The van der Waals surface area contributed by atoms with Crippen LogP contribution < -0.4 is 4.90 Å². The van der Waals surface area contributed by atoms with Gasteiger partial charge < -0.3 is 9.47 Å². The van der Waals surface area contributed by atoms with Crippen molar-refractivity contribution in [1.29, 1.82) is 0 Å². The topological polar surface area (TPSA) is 8.17 Å². The number of hydrogen-bond donors (Lipinski definition) is 0. The number of thiophene rings is 1. The molecule has 0 radical (unpaired) electrons. The second-order valence-electron chi connectivity index (χ2n) is 16.6. The lowest BCUT2D eigenvalue weighted by molar-refractivity contribution is 0.660. The molecule has 3 heteroatoms. The highest BCUT2D eigenvalue weighted by Gasteiger charge is 2.35. The number of fused-ring (bicyclic) bond motifs is 9. The first-order valence-corrected chi connectivity index (χ1v) is 21.6. The fraction of sp³-hybridized carbons (Fsp3) is 0.0526. The SMILES string of the molecule is CC1(C)c2ccccc2-c2ccc(N(c3ccc(-c4ccccc4)cc3)c3ccc4c(c3)c3cc(-c5ccc6sc7ccccc7c6c5)ccc3n4-c3ccccc3)cc21. The maximum Gasteiger partial charge on any atom is 0.0542 e. The number of rotatable bonds is 6. The van der Waals surface area contributed by atoms with Crippen LogP contribution in [0, 0.1) is 0 Å². The van der Waals surface area contributed by atoms with Crippen LogP contribution in [0.2, 0.25) is 0 Å². The van der Waals surface area contributed by atoms with Crippen LogP contribution in [0.4, 0.5) is 17.1 Å². The van der Waals surface area contributed by atoms with E-state index >= 15 is 0 Å². The van der Waals surface area contributed by atoms with E-state index in [1.54, 1.807) is 0 Å². The molecule has 0 amide bonds. The Bertz CT molecular complexity index is 3450. The first kappa shape index (κ1) is 34.8. The Morgan fingerprint density at radius 3 is 1.75 bits per heavy atom. The van der Waals surface area contributed by atoms with Crippen molar-refractivity contribution >= 4 is 70.4 Å². The molecule has 0 fully saturated rings. The smallest absolute Gasteiger partial charge is 0.0542 e. The molecule has 0 saturated heterocycles. The van der Waals surface area contributed by atoms with Crippen LogP contribution in [0.1, 0.15) is 25.0 Å². The van der Waals surface area contributed by atoms with Gasteiger partial charge in [0.25, 0.3) is 0 Å². The molecule has 9 aromatic carbocycles. The molecule has 284 valence electrons. The summed E-state index contributed by atoms with van der Waals surface area (Å²) in [4.78, 5) is 2.44. The van der Waals surface area contributed by atoms with E-state index in [4.69, 9.17) is 0 Å². The van der Waals surface area contributed by atoms with Crippen molar-refractivity contribution in [2.24, 2.45) is 0 Å². The Kier molecular flexibility index (Phi) is 7.79. The van der Waals surface area contributed by atoms with Crippen LogP contribution in [0.5, 0.6) is 0 Å². The zero-order valence-corrected chi connectivity index (χ0v) is 34.2. The maximum absolute atomic E-state index is 2.44. The Hall–Kier alpha value is -7.20. The van der Waals surface area contributed by atoms with Crippen LogP contribution in [0.15, 0.2) is 206 Å². The van der Waals surface area contributed by atoms with E-state index in [1.165, 1.54) is 86.5 Å². The molecule has 0 atom stereocenters. The minimum absolute atomic E-state index is 0.118. The van der Waals surface area contributed by atoms with Gasteiger partial charge in [-0.2, -0.15) is 0 Å². The highest BCUT2D eigenvalue weighted by Crippen LogP contribution is 2.51. The molecule has 2 heterocycles. The molecule has 2 aromatic heterocycles. The Morgan fingerprint density at radius 1 is 0.383 bits per heavy atom. The quantitative estimate of drug-likeness (QED) is 0.163. The molecule has 11 aromatic rings. The van der Waals surface area contributed by atoms with E-state index in [0.717, 1.165) is 22.7 Å². The predicted octanol–water partition coefficient (Wildman–Crippen LogP) is 16.3. The van der Waals surface area contributed by atoms with Crippen molar-refractivity contribution in [1.82, 2.24) is 4.57 Å². The third-order valence-corrected chi connectivity index (χ3v) is 13.9. The molecule has 1 aliphatic carbocycles. The summed E-state index contributed by atoms with van der Waals surface area (Å²) in [7, 11) is 0. The average molecular weight is 785 g/mol. The van der Waals surface area contributed by atoms with Crippen molar-refractivity contribution in [3.8, 4) is 39.1 Å². The molecule has 12 rings (SSSR count). The summed E-state index contributed by atoms with van der Waals surface area (Å²) in [6.45, 7) is 4.72. The van der Waals surface area contributed by atoms with Gasteiger partial charge in [0.2, 0.25) is 0 Å². The van der Waals surface area contributed by atoms with Crippen molar-refractivity contribution in [3.63, 3.8) is 0 Å². The Morgan fingerprint density at radius 2 is 0.933 bits per heavy atom. The summed E-state index contributed by atoms with van der Waals surface area (Å²) in [5.41, 5.74) is 17.0. The van der Waals surface area contributed by atoms with Crippen LogP contribution in [-0.2, 0) is 5.41 Å². The van der Waals surface area contributed by atoms with Gasteiger partial charge in [0.05, 0.1) is 11.0 Å². The lowest BCUT2D eigenvalue weighted by Crippen LogP contribution is -2.16. The lowest BCUT2D eigenvalue weighted by atomic mass is 9.82. The van der Waals surface area contributed by atoms with E-state index in [9.17, 15) is 0 Å². The van der Waals surface area contributed by atoms with Gasteiger partial charge >= 0.3 is 0 Å². The summed E-state index contributed by atoms with van der Waals surface area (Å²) >= 11 is 1.87. The summed E-state index contributed by atoms with van der Waals surface area (Å²) < 4.78 is 5.07. The molecule has 0 saturated carbocycles. The standard InChI is InChI=1S/C57H40N2S/c1-57(2)51-19-11-9-17-45(51)46-29-27-44(36-52(46)57)58(42-25-21-38(22-26-42)37-13-5-3-6-14-37)43-28-31-54-49(35-43)48-33-39(23-30-53(48)59(54)41-15-7-4-8-16-41)40-24-32-56-50(34-40)47-18-10-12-20-55(47)60-56/h3-36H,1-2H3. The molecule has 0 unspecified atom stereocenters. The zero-order valence-electron chi connectivity index (χ0n) is 33.4.